The summed E-state index contributed by atoms with van der Waals surface area (Å²) in [5.74, 6) is 0.363. The van der Waals surface area contributed by atoms with Crippen LogP contribution in [0.25, 0.3) is 0 Å². The van der Waals surface area contributed by atoms with Crippen LogP contribution in [-0.2, 0) is 4.79 Å². The van der Waals surface area contributed by atoms with Gasteiger partial charge in [-0.15, -0.1) is 0 Å². The SMILES string of the molecule is CC(CCCOc1ccccc1)CC(=O)O. The summed E-state index contributed by atoms with van der Waals surface area (Å²) < 4.78 is 5.51. The first-order valence-electron chi connectivity index (χ1n) is 5.58. The largest absolute Gasteiger partial charge is 0.494 e. The Labute approximate surface area is 96.1 Å². The van der Waals surface area contributed by atoms with Gasteiger partial charge in [-0.2, -0.15) is 0 Å². The normalized spacial score (nSPS) is 12.1. The molecule has 0 saturated carbocycles. The van der Waals surface area contributed by atoms with E-state index in [4.69, 9.17) is 9.84 Å². The summed E-state index contributed by atoms with van der Waals surface area (Å²) in [4.78, 5) is 10.4. The molecule has 0 saturated heterocycles. The molecule has 3 heteroatoms. The predicted molar refractivity (Wildman–Crippen MR) is 62.6 cm³/mol. The molecule has 0 aliphatic carbocycles. The Balaban J connectivity index is 2.10. The van der Waals surface area contributed by atoms with Crippen molar-refractivity contribution in [1.29, 1.82) is 0 Å². The molecule has 3 nitrogen and oxygen atoms in total. The van der Waals surface area contributed by atoms with E-state index >= 15 is 0 Å². The molecule has 1 N–H and O–H groups in total. The fourth-order valence-electron chi connectivity index (χ4n) is 1.54. The third-order valence-corrected chi connectivity index (χ3v) is 2.38. The van der Waals surface area contributed by atoms with Crippen molar-refractivity contribution >= 4 is 5.97 Å². The Bertz CT molecular complexity index is 308. The fourth-order valence-corrected chi connectivity index (χ4v) is 1.54. The minimum absolute atomic E-state index is 0.219. The van der Waals surface area contributed by atoms with Crippen LogP contribution in [0.15, 0.2) is 30.3 Å². The van der Waals surface area contributed by atoms with E-state index in [9.17, 15) is 4.79 Å². The maximum absolute atomic E-state index is 10.4. The van der Waals surface area contributed by atoms with E-state index in [0.717, 1.165) is 18.6 Å². The van der Waals surface area contributed by atoms with Gasteiger partial charge < -0.3 is 9.84 Å². The van der Waals surface area contributed by atoms with Gasteiger partial charge in [0, 0.05) is 6.42 Å². The van der Waals surface area contributed by atoms with Crippen molar-refractivity contribution in [3.63, 3.8) is 0 Å². The summed E-state index contributed by atoms with van der Waals surface area (Å²) in [7, 11) is 0. The van der Waals surface area contributed by atoms with Gasteiger partial charge >= 0.3 is 5.97 Å². The Kier molecular flexibility index (Phi) is 5.40. The molecule has 1 aromatic rings. The molecule has 0 aliphatic rings. The fraction of sp³-hybridized carbons (Fsp3) is 0.462. The number of carboxylic acids is 1. The zero-order valence-corrected chi connectivity index (χ0v) is 9.56. The number of benzene rings is 1. The highest BCUT2D eigenvalue weighted by atomic mass is 16.5. The van der Waals surface area contributed by atoms with Crippen LogP contribution in [0.3, 0.4) is 0 Å². The maximum Gasteiger partial charge on any atom is 0.303 e. The molecule has 0 amide bonds. The van der Waals surface area contributed by atoms with Crippen molar-refractivity contribution in [3.05, 3.63) is 30.3 Å². The highest BCUT2D eigenvalue weighted by molar-refractivity contribution is 5.66. The lowest BCUT2D eigenvalue weighted by atomic mass is 10.0. The topological polar surface area (TPSA) is 46.5 Å². The number of carbonyl (C=O) groups is 1. The van der Waals surface area contributed by atoms with Crippen LogP contribution in [0, 0.1) is 5.92 Å². The van der Waals surface area contributed by atoms with Crippen LogP contribution in [0.4, 0.5) is 0 Å². The number of para-hydroxylation sites is 1. The number of hydrogen-bond acceptors (Lipinski definition) is 2. The average molecular weight is 222 g/mol. The number of aliphatic carboxylic acids is 1. The minimum Gasteiger partial charge on any atom is -0.494 e. The summed E-state index contributed by atoms with van der Waals surface area (Å²) in [5.41, 5.74) is 0. The maximum atomic E-state index is 10.4. The molecule has 0 spiro atoms. The van der Waals surface area contributed by atoms with Gasteiger partial charge in [0.2, 0.25) is 0 Å². The molecule has 1 aromatic carbocycles. The van der Waals surface area contributed by atoms with E-state index in [1.165, 1.54) is 0 Å². The zero-order chi connectivity index (χ0) is 11.8. The van der Waals surface area contributed by atoms with Crippen LogP contribution >= 0.6 is 0 Å². The lowest BCUT2D eigenvalue weighted by molar-refractivity contribution is -0.138. The molecule has 0 bridgehead atoms. The minimum atomic E-state index is -0.725. The van der Waals surface area contributed by atoms with Crippen molar-refractivity contribution < 1.29 is 14.6 Å². The highest BCUT2D eigenvalue weighted by Crippen LogP contribution is 2.12. The van der Waals surface area contributed by atoms with Gasteiger partial charge in [0.05, 0.1) is 6.61 Å². The van der Waals surface area contributed by atoms with Crippen LogP contribution < -0.4 is 4.74 Å². The smallest absolute Gasteiger partial charge is 0.303 e. The van der Waals surface area contributed by atoms with Gasteiger partial charge in [0.25, 0.3) is 0 Å². The third-order valence-electron chi connectivity index (χ3n) is 2.38. The second kappa shape index (κ2) is 6.88. The number of ether oxygens (including phenoxy) is 1. The Hall–Kier alpha value is -1.51. The molecule has 0 fully saturated rings. The van der Waals surface area contributed by atoms with E-state index < -0.39 is 5.97 Å². The molecule has 1 rings (SSSR count). The lowest BCUT2D eigenvalue weighted by Gasteiger charge is -2.09. The summed E-state index contributed by atoms with van der Waals surface area (Å²) >= 11 is 0. The first-order chi connectivity index (χ1) is 7.68. The van der Waals surface area contributed by atoms with Gasteiger partial charge in [-0.25, -0.2) is 0 Å². The van der Waals surface area contributed by atoms with Gasteiger partial charge in [-0.1, -0.05) is 25.1 Å². The van der Waals surface area contributed by atoms with Crippen LogP contribution in [0.5, 0.6) is 5.75 Å². The average Bonchev–Trinajstić information content (AvgIpc) is 2.25. The second-order valence-electron chi connectivity index (χ2n) is 4.01. The quantitative estimate of drug-likeness (QED) is 0.721. The van der Waals surface area contributed by atoms with E-state index in [1.54, 1.807) is 0 Å². The summed E-state index contributed by atoms with van der Waals surface area (Å²) in [5, 5.41) is 8.59. The van der Waals surface area contributed by atoms with Crippen molar-refractivity contribution in [3.8, 4) is 5.75 Å². The van der Waals surface area contributed by atoms with Crippen molar-refractivity contribution in [1.82, 2.24) is 0 Å². The van der Waals surface area contributed by atoms with Gasteiger partial charge in [-0.05, 0) is 30.9 Å². The molecular formula is C13H18O3. The van der Waals surface area contributed by atoms with Crippen LogP contribution in [-0.4, -0.2) is 17.7 Å². The van der Waals surface area contributed by atoms with E-state index in [0.29, 0.717) is 6.61 Å². The number of rotatable bonds is 7. The molecule has 1 atom stereocenters. The van der Waals surface area contributed by atoms with E-state index in [1.807, 2.05) is 37.3 Å². The Morgan fingerprint density at radius 2 is 2.06 bits per heavy atom. The Morgan fingerprint density at radius 1 is 1.38 bits per heavy atom. The van der Waals surface area contributed by atoms with Crippen molar-refractivity contribution in [2.45, 2.75) is 26.2 Å². The van der Waals surface area contributed by atoms with Crippen molar-refractivity contribution in [2.75, 3.05) is 6.61 Å². The lowest BCUT2D eigenvalue weighted by Crippen LogP contribution is -2.06. The summed E-state index contributed by atoms with van der Waals surface area (Å²) in [6.07, 6.45) is 2.02. The number of carboxylic acid groups (broad SMARTS) is 1. The third kappa shape index (κ3) is 5.39. The monoisotopic (exact) mass is 222 g/mol. The predicted octanol–water partition coefficient (Wildman–Crippen LogP) is 2.96. The molecule has 88 valence electrons. The van der Waals surface area contributed by atoms with Crippen LogP contribution in [0.1, 0.15) is 26.2 Å². The highest BCUT2D eigenvalue weighted by Gasteiger charge is 2.06. The van der Waals surface area contributed by atoms with Crippen LogP contribution in [0.2, 0.25) is 0 Å². The molecule has 0 radical (unpaired) electrons. The van der Waals surface area contributed by atoms with Gasteiger partial charge in [-0.3, -0.25) is 4.79 Å². The Morgan fingerprint density at radius 3 is 2.69 bits per heavy atom. The molecule has 0 aromatic heterocycles. The van der Waals surface area contributed by atoms with E-state index in [2.05, 4.69) is 0 Å². The molecule has 0 heterocycles. The summed E-state index contributed by atoms with van der Waals surface area (Å²) in [6, 6.07) is 9.65. The van der Waals surface area contributed by atoms with Gasteiger partial charge in [0.15, 0.2) is 0 Å². The molecule has 0 aliphatic heterocycles. The van der Waals surface area contributed by atoms with E-state index in [-0.39, 0.29) is 12.3 Å². The molecule has 16 heavy (non-hydrogen) atoms. The second-order valence-corrected chi connectivity index (χ2v) is 4.01. The summed E-state index contributed by atoms with van der Waals surface area (Å²) in [6.45, 7) is 2.60. The number of hydrogen-bond donors (Lipinski definition) is 1. The van der Waals surface area contributed by atoms with Gasteiger partial charge in [0.1, 0.15) is 5.75 Å². The molecule has 1 unspecified atom stereocenters. The first kappa shape index (κ1) is 12.6. The van der Waals surface area contributed by atoms with Crippen molar-refractivity contribution in [2.24, 2.45) is 5.92 Å². The standard InChI is InChI=1S/C13H18O3/c1-11(10-13(14)15)6-5-9-16-12-7-3-2-4-8-12/h2-4,7-8,11H,5-6,9-10H2,1H3,(H,14,15). The zero-order valence-electron chi connectivity index (χ0n) is 9.56. The first-order valence-corrected chi connectivity index (χ1v) is 5.58. The molecular weight excluding hydrogens is 204 g/mol.